The van der Waals surface area contributed by atoms with Crippen molar-refractivity contribution in [3.8, 4) is 0 Å². The van der Waals surface area contributed by atoms with Crippen molar-refractivity contribution in [1.29, 1.82) is 0 Å². The summed E-state index contributed by atoms with van der Waals surface area (Å²) >= 11 is 0. The van der Waals surface area contributed by atoms with Gasteiger partial charge in [0, 0.05) is 30.1 Å². The second-order valence-electron chi connectivity index (χ2n) is 9.50. The number of nitrogens with one attached hydrogen (secondary N) is 3. The largest absolute Gasteiger partial charge is 0.352 e. The number of H-pyrrole nitrogens is 1. The van der Waals surface area contributed by atoms with Crippen LogP contribution >= 0.6 is 0 Å². The number of anilines is 2. The van der Waals surface area contributed by atoms with Gasteiger partial charge in [-0.05, 0) is 76.2 Å². The van der Waals surface area contributed by atoms with E-state index < -0.39 is 23.1 Å². The van der Waals surface area contributed by atoms with Gasteiger partial charge in [-0.3, -0.25) is 9.89 Å². The third kappa shape index (κ3) is 5.64. The van der Waals surface area contributed by atoms with Gasteiger partial charge in [0.1, 0.15) is 11.3 Å². The zero-order valence-corrected chi connectivity index (χ0v) is 21.0. The predicted octanol–water partition coefficient (Wildman–Crippen LogP) is 4.39. The summed E-state index contributed by atoms with van der Waals surface area (Å²) in [6.07, 6.45) is 5.90. The van der Waals surface area contributed by atoms with Crippen molar-refractivity contribution in [3.63, 3.8) is 0 Å². The van der Waals surface area contributed by atoms with E-state index in [4.69, 9.17) is 0 Å². The van der Waals surface area contributed by atoms with Crippen molar-refractivity contribution in [2.24, 2.45) is 0 Å². The number of benzene rings is 1. The van der Waals surface area contributed by atoms with Crippen LogP contribution in [-0.4, -0.2) is 61.8 Å². The highest BCUT2D eigenvalue weighted by Gasteiger charge is 2.39. The monoisotopic (exact) mass is 526 g/mol. The molecule has 1 saturated heterocycles. The van der Waals surface area contributed by atoms with E-state index >= 15 is 8.78 Å². The molecule has 12 heteroatoms. The summed E-state index contributed by atoms with van der Waals surface area (Å²) in [5, 5.41) is 16.7. The number of carbonyl (C=O) groups is 1. The summed E-state index contributed by atoms with van der Waals surface area (Å²) in [6.45, 7) is 5.40. The third-order valence-corrected chi connectivity index (χ3v) is 6.55. The average Bonchev–Trinajstić information content (AvgIpc) is 3.53. The van der Waals surface area contributed by atoms with Gasteiger partial charge in [-0.1, -0.05) is 6.42 Å². The Labute approximate surface area is 217 Å². The lowest BCUT2D eigenvalue weighted by Crippen LogP contribution is -2.33. The molecule has 0 unspecified atom stereocenters. The first-order valence-corrected chi connectivity index (χ1v) is 12.6. The molecule has 1 aliphatic rings. The fourth-order valence-corrected chi connectivity index (χ4v) is 4.53. The average molecular weight is 527 g/mol. The first-order chi connectivity index (χ1) is 18.3. The molecule has 3 aromatic heterocycles. The van der Waals surface area contributed by atoms with E-state index in [1.807, 2.05) is 0 Å². The molecule has 0 saturated carbocycles. The number of nitrogens with zero attached hydrogens (tertiary/aromatic N) is 5. The standard InChI is InChI=1S/C26H29F3N8O/c1-17-14-22(34-33-17)31-23-21-15-18(24(38)30-10-5-13-36-11-3-2-4-12-36)16-37(21)35-25(32-23)26(28,29)19-6-8-20(27)9-7-19/h6-9,14-16H,2-5,10-13H2,1H3,(H,30,38)(H2,31,32,33,34,35). The number of amides is 1. The molecule has 1 fully saturated rings. The van der Waals surface area contributed by atoms with Gasteiger partial charge >= 0.3 is 5.92 Å². The first-order valence-electron chi connectivity index (χ1n) is 12.6. The van der Waals surface area contributed by atoms with Gasteiger partial charge < -0.3 is 15.5 Å². The van der Waals surface area contributed by atoms with E-state index in [0.29, 0.717) is 17.9 Å². The Morgan fingerprint density at radius 2 is 1.89 bits per heavy atom. The maximum Gasteiger partial charge on any atom is 0.333 e. The zero-order chi connectivity index (χ0) is 26.7. The quantitative estimate of drug-likeness (QED) is 0.280. The number of aromatic nitrogens is 5. The summed E-state index contributed by atoms with van der Waals surface area (Å²) in [7, 11) is 0. The van der Waals surface area contributed by atoms with Crippen LogP contribution in [0.25, 0.3) is 5.52 Å². The third-order valence-electron chi connectivity index (χ3n) is 6.55. The van der Waals surface area contributed by atoms with Gasteiger partial charge in [0.15, 0.2) is 11.6 Å². The van der Waals surface area contributed by atoms with E-state index in [1.165, 1.54) is 30.0 Å². The normalized spacial score (nSPS) is 14.6. The molecule has 9 nitrogen and oxygen atoms in total. The van der Waals surface area contributed by atoms with Crippen LogP contribution < -0.4 is 10.6 Å². The van der Waals surface area contributed by atoms with Gasteiger partial charge in [0.05, 0.1) is 5.56 Å². The molecule has 0 bridgehead atoms. The van der Waals surface area contributed by atoms with Crippen LogP contribution in [0.15, 0.2) is 42.6 Å². The summed E-state index contributed by atoms with van der Waals surface area (Å²) in [6, 6.07) is 7.13. The molecule has 4 aromatic rings. The number of likely N-dealkylation sites (tertiary alicyclic amines) is 1. The predicted molar refractivity (Wildman–Crippen MR) is 136 cm³/mol. The Kier molecular flexibility index (Phi) is 7.32. The van der Waals surface area contributed by atoms with Crippen LogP contribution in [0.1, 0.15) is 53.1 Å². The lowest BCUT2D eigenvalue weighted by molar-refractivity contribution is 0.0315. The van der Waals surface area contributed by atoms with E-state index in [2.05, 4.69) is 35.8 Å². The Bertz CT molecular complexity index is 1410. The maximum absolute atomic E-state index is 15.4. The molecular weight excluding hydrogens is 497 g/mol. The molecule has 3 N–H and O–H groups in total. The molecule has 0 aliphatic carbocycles. The molecule has 200 valence electrons. The zero-order valence-electron chi connectivity index (χ0n) is 21.0. The number of fused-ring (bicyclic) bond motifs is 1. The van der Waals surface area contributed by atoms with Crippen molar-refractivity contribution in [3.05, 3.63) is 71.1 Å². The second-order valence-corrected chi connectivity index (χ2v) is 9.50. The molecule has 0 radical (unpaired) electrons. The fourth-order valence-electron chi connectivity index (χ4n) is 4.53. The van der Waals surface area contributed by atoms with Crippen molar-refractivity contribution < 1.29 is 18.0 Å². The summed E-state index contributed by atoms with van der Waals surface area (Å²) in [5.41, 5.74) is 0.886. The number of alkyl halides is 2. The molecule has 0 spiro atoms. The minimum Gasteiger partial charge on any atom is -0.352 e. The molecule has 1 aromatic carbocycles. The number of rotatable bonds is 9. The van der Waals surface area contributed by atoms with Crippen LogP contribution in [0.2, 0.25) is 0 Å². The minimum atomic E-state index is -3.62. The Balaban J connectivity index is 1.40. The van der Waals surface area contributed by atoms with Crippen molar-refractivity contribution >= 4 is 23.1 Å². The first kappa shape index (κ1) is 25.7. The minimum absolute atomic E-state index is 0.0486. The fraction of sp³-hybridized carbons (Fsp3) is 0.385. The summed E-state index contributed by atoms with van der Waals surface area (Å²) < 4.78 is 45.3. The maximum atomic E-state index is 15.4. The molecular formula is C26H29F3N8O. The van der Waals surface area contributed by atoms with Crippen molar-refractivity contribution in [1.82, 2.24) is 35.0 Å². The molecule has 5 rings (SSSR count). The van der Waals surface area contributed by atoms with Gasteiger partial charge in [0.25, 0.3) is 5.91 Å². The van der Waals surface area contributed by atoms with Crippen LogP contribution in [0.4, 0.5) is 24.8 Å². The number of hydrogen-bond acceptors (Lipinski definition) is 6. The molecule has 1 amide bonds. The molecule has 38 heavy (non-hydrogen) atoms. The highest BCUT2D eigenvalue weighted by atomic mass is 19.3. The van der Waals surface area contributed by atoms with E-state index in [1.54, 1.807) is 19.1 Å². The van der Waals surface area contributed by atoms with Gasteiger partial charge in [-0.15, -0.1) is 5.10 Å². The van der Waals surface area contributed by atoms with Crippen LogP contribution in [0.3, 0.4) is 0 Å². The lowest BCUT2D eigenvalue weighted by atomic mass is 10.1. The Hall–Kier alpha value is -3.93. The molecule has 0 atom stereocenters. The number of halogens is 3. The topological polar surface area (TPSA) is 103 Å². The molecule has 4 heterocycles. The van der Waals surface area contributed by atoms with Crippen molar-refractivity contribution in [2.45, 2.75) is 38.5 Å². The Morgan fingerprint density at radius 3 is 2.61 bits per heavy atom. The number of aromatic amines is 1. The lowest BCUT2D eigenvalue weighted by Gasteiger charge is -2.26. The van der Waals surface area contributed by atoms with Crippen molar-refractivity contribution in [2.75, 3.05) is 31.5 Å². The summed E-state index contributed by atoms with van der Waals surface area (Å²) in [5.74, 6) is -4.98. The number of aryl methyl sites for hydroxylation is 1. The molecule has 1 aliphatic heterocycles. The van der Waals surface area contributed by atoms with Gasteiger partial charge in [-0.2, -0.15) is 13.9 Å². The SMILES string of the molecule is Cc1cc(Nc2nc(C(F)(F)c3ccc(F)cc3)nn3cc(C(=O)NCCCN4CCCCC4)cc23)n[nH]1. The van der Waals surface area contributed by atoms with Crippen LogP contribution in [-0.2, 0) is 5.92 Å². The van der Waals surface area contributed by atoms with E-state index in [0.717, 1.165) is 56.0 Å². The van der Waals surface area contributed by atoms with Crippen LogP contribution in [0.5, 0.6) is 0 Å². The van der Waals surface area contributed by atoms with E-state index in [9.17, 15) is 9.18 Å². The number of piperidine rings is 1. The van der Waals surface area contributed by atoms with E-state index in [-0.39, 0.29) is 17.3 Å². The Morgan fingerprint density at radius 1 is 1.13 bits per heavy atom. The smallest absolute Gasteiger partial charge is 0.333 e. The van der Waals surface area contributed by atoms with Gasteiger partial charge in [-0.25, -0.2) is 13.9 Å². The number of carbonyl (C=O) groups excluding carboxylic acids is 1. The highest BCUT2D eigenvalue weighted by Crippen LogP contribution is 2.35. The van der Waals surface area contributed by atoms with Gasteiger partial charge in [0.2, 0.25) is 5.82 Å². The second kappa shape index (κ2) is 10.8. The summed E-state index contributed by atoms with van der Waals surface area (Å²) in [4.78, 5) is 19.4. The van der Waals surface area contributed by atoms with Crippen LogP contribution in [0, 0.1) is 12.7 Å². The number of hydrogen-bond donors (Lipinski definition) is 3. The highest BCUT2D eigenvalue weighted by molar-refractivity contribution is 5.96.